The van der Waals surface area contributed by atoms with E-state index in [9.17, 15) is 13.9 Å². The molecule has 1 aromatic carbocycles. The molecule has 3 rings (SSSR count). The van der Waals surface area contributed by atoms with E-state index in [1.165, 1.54) is 6.07 Å². The number of hydrogen-bond acceptors (Lipinski definition) is 3. The van der Waals surface area contributed by atoms with E-state index < -0.39 is 17.7 Å². The molecule has 0 saturated heterocycles. The highest BCUT2D eigenvalue weighted by atomic mass is 19.2. The zero-order chi connectivity index (χ0) is 15.0. The van der Waals surface area contributed by atoms with Crippen molar-refractivity contribution in [3.8, 4) is 0 Å². The second-order valence-corrected chi connectivity index (χ2v) is 5.42. The maximum atomic E-state index is 14.0. The van der Waals surface area contributed by atoms with Gasteiger partial charge in [-0.3, -0.25) is 0 Å². The smallest absolute Gasteiger partial charge is 0.162 e. The average molecular weight is 290 g/mol. The van der Waals surface area contributed by atoms with Crippen LogP contribution in [0.3, 0.4) is 0 Å². The van der Waals surface area contributed by atoms with Crippen LogP contribution in [-0.2, 0) is 6.42 Å². The Morgan fingerprint density at radius 3 is 2.76 bits per heavy atom. The van der Waals surface area contributed by atoms with Crippen molar-refractivity contribution in [2.24, 2.45) is 0 Å². The number of nitrogen functional groups attached to an aromatic ring is 1. The van der Waals surface area contributed by atoms with E-state index >= 15 is 0 Å². The number of rotatable bonds is 1. The first-order valence-corrected chi connectivity index (χ1v) is 6.93. The Kier molecular flexibility index (Phi) is 3.59. The number of nitrogens with two attached hydrogens (primary N) is 1. The molecule has 0 saturated carbocycles. The molecular formula is C16H16F2N2O. The van der Waals surface area contributed by atoms with E-state index in [0.717, 1.165) is 11.6 Å². The number of aliphatic hydroxyl groups is 1. The van der Waals surface area contributed by atoms with Crippen LogP contribution in [0.5, 0.6) is 0 Å². The number of benzene rings is 1. The number of anilines is 1. The van der Waals surface area contributed by atoms with Crippen molar-refractivity contribution < 1.29 is 13.9 Å². The van der Waals surface area contributed by atoms with Gasteiger partial charge < -0.3 is 10.8 Å². The molecule has 2 aromatic rings. The molecule has 0 amide bonds. The molecule has 21 heavy (non-hydrogen) atoms. The average Bonchev–Trinajstić information content (AvgIpc) is 2.62. The number of hydrogen-bond donors (Lipinski definition) is 2. The number of nitrogens with zero attached hydrogens (tertiary/aromatic N) is 1. The van der Waals surface area contributed by atoms with Crippen molar-refractivity contribution in [3.63, 3.8) is 0 Å². The third-order valence-corrected chi connectivity index (χ3v) is 4.03. The molecule has 3 N–H and O–H groups in total. The summed E-state index contributed by atoms with van der Waals surface area (Å²) >= 11 is 0. The van der Waals surface area contributed by atoms with E-state index in [-0.39, 0.29) is 5.92 Å². The number of aromatic nitrogens is 1. The van der Waals surface area contributed by atoms with Crippen molar-refractivity contribution in [2.75, 3.05) is 5.73 Å². The minimum absolute atomic E-state index is 0.179. The van der Waals surface area contributed by atoms with Crippen LogP contribution in [0.4, 0.5) is 14.6 Å². The Balaban J connectivity index is 2.00. The Morgan fingerprint density at radius 2 is 1.95 bits per heavy atom. The fraction of sp³-hybridized carbons (Fsp3) is 0.312. The molecule has 1 aromatic heterocycles. The molecule has 1 heterocycles. The summed E-state index contributed by atoms with van der Waals surface area (Å²) in [5, 5.41) is 10.2. The Labute approximate surface area is 121 Å². The first-order valence-electron chi connectivity index (χ1n) is 6.93. The van der Waals surface area contributed by atoms with Crippen LogP contribution in [0.15, 0.2) is 30.3 Å². The molecule has 110 valence electrons. The van der Waals surface area contributed by atoms with E-state index in [2.05, 4.69) is 4.98 Å². The van der Waals surface area contributed by atoms with E-state index in [4.69, 9.17) is 5.73 Å². The van der Waals surface area contributed by atoms with E-state index in [0.29, 0.717) is 36.3 Å². The topological polar surface area (TPSA) is 59.1 Å². The SMILES string of the molecule is Nc1ccc2c(n1)[C@H](O)CC[C@@H](c1cccc(F)c1F)C2. The molecule has 0 spiro atoms. The second kappa shape index (κ2) is 5.41. The predicted octanol–water partition coefficient (Wildman–Crippen LogP) is 3.10. The van der Waals surface area contributed by atoms with Gasteiger partial charge in [0.2, 0.25) is 0 Å². The van der Waals surface area contributed by atoms with Gasteiger partial charge in [-0.1, -0.05) is 18.2 Å². The summed E-state index contributed by atoms with van der Waals surface area (Å²) in [5.41, 5.74) is 7.39. The van der Waals surface area contributed by atoms with Crippen LogP contribution in [0.25, 0.3) is 0 Å². The molecule has 1 aliphatic rings. The minimum atomic E-state index is -0.840. The first kappa shape index (κ1) is 13.9. The summed E-state index contributed by atoms with van der Waals surface area (Å²) < 4.78 is 27.4. The predicted molar refractivity (Wildman–Crippen MR) is 75.6 cm³/mol. The van der Waals surface area contributed by atoms with Gasteiger partial charge in [-0.15, -0.1) is 0 Å². The highest BCUT2D eigenvalue weighted by Crippen LogP contribution is 2.36. The standard InChI is InChI=1S/C16H16F2N2O/c17-12-3-1-2-11(15(12)18)9-4-6-13(21)16-10(8-9)5-7-14(19)20-16/h1-3,5,7,9,13,21H,4,6,8H2,(H2,19,20)/t9-,13-/m1/s1. The van der Waals surface area contributed by atoms with Crippen molar-refractivity contribution in [1.29, 1.82) is 0 Å². The zero-order valence-electron chi connectivity index (χ0n) is 11.4. The molecular weight excluding hydrogens is 274 g/mol. The van der Waals surface area contributed by atoms with Crippen LogP contribution in [0, 0.1) is 11.6 Å². The maximum absolute atomic E-state index is 14.0. The molecule has 3 nitrogen and oxygen atoms in total. The Morgan fingerprint density at radius 1 is 1.14 bits per heavy atom. The quantitative estimate of drug-likeness (QED) is 0.793. The van der Waals surface area contributed by atoms with Gasteiger partial charge in [0.25, 0.3) is 0 Å². The lowest BCUT2D eigenvalue weighted by Gasteiger charge is -2.16. The number of halogens is 2. The molecule has 5 heteroatoms. The summed E-state index contributed by atoms with van der Waals surface area (Å²) in [7, 11) is 0. The summed E-state index contributed by atoms with van der Waals surface area (Å²) in [5.74, 6) is -1.47. The lowest BCUT2D eigenvalue weighted by Crippen LogP contribution is -2.06. The Hall–Kier alpha value is -2.01. The van der Waals surface area contributed by atoms with Crippen LogP contribution in [0.2, 0.25) is 0 Å². The molecule has 0 aliphatic heterocycles. The van der Waals surface area contributed by atoms with Gasteiger partial charge in [-0.05, 0) is 48.4 Å². The van der Waals surface area contributed by atoms with Gasteiger partial charge in [-0.2, -0.15) is 0 Å². The minimum Gasteiger partial charge on any atom is -0.387 e. The van der Waals surface area contributed by atoms with E-state index in [1.807, 2.05) is 0 Å². The number of fused-ring (bicyclic) bond motifs is 1. The fourth-order valence-corrected chi connectivity index (χ4v) is 2.95. The summed E-state index contributed by atoms with van der Waals surface area (Å²) in [4.78, 5) is 4.18. The largest absolute Gasteiger partial charge is 0.387 e. The van der Waals surface area contributed by atoms with Crippen LogP contribution >= 0.6 is 0 Å². The second-order valence-electron chi connectivity index (χ2n) is 5.42. The fourth-order valence-electron chi connectivity index (χ4n) is 2.95. The van der Waals surface area contributed by atoms with Crippen LogP contribution in [-0.4, -0.2) is 10.1 Å². The lowest BCUT2D eigenvalue weighted by molar-refractivity contribution is 0.160. The van der Waals surface area contributed by atoms with Crippen LogP contribution < -0.4 is 5.73 Å². The monoisotopic (exact) mass is 290 g/mol. The van der Waals surface area contributed by atoms with Crippen molar-refractivity contribution in [2.45, 2.75) is 31.3 Å². The van der Waals surface area contributed by atoms with Crippen molar-refractivity contribution in [1.82, 2.24) is 4.98 Å². The third-order valence-electron chi connectivity index (χ3n) is 4.03. The maximum Gasteiger partial charge on any atom is 0.162 e. The van der Waals surface area contributed by atoms with Gasteiger partial charge in [0.05, 0.1) is 11.8 Å². The van der Waals surface area contributed by atoms with Gasteiger partial charge in [0.15, 0.2) is 11.6 Å². The highest BCUT2D eigenvalue weighted by Gasteiger charge is 2.27. The summed E-state index contributed by atoms with van der Waals surface area (Å²) in [6.07, 6.45) is 0.812. The summed E-state index contributed by atoms with van der Waals surface area (Å²) in [6, 6.07) is 7.69. The van der Waals surface area contributed by atoms with Crippen LogP contribution in [0.1, 0.15) is 41.7 Å². The number of aliphatic hydroxyl groups excluding tert-OH is 1. The van der Waals surface area contributed by atoms with Crippen molar-refractivity contribution in [3.05, 3.63) is 58.8 Å². The van der Waals surface area contributed by atoms with Gasteiger partial charge in [0.1, 0.15) is 5.82 Å². The number of pyridine rings is 1. The normalized spacial score (nSPS) is 21.7. The molecule has 0 bridgehead atoms. The molecule has 2 atom stereocenters. The van der Waals surface area contributed by atoms with Crippen molar-refractivity contribution >= 4 is 5.82 Å². The Bertz CT molecular complexity index is 675. The van der Waals surface area contributed by atoms with Gasteiger partial charge in [0, 0.05) is 0 Å². The highest BCUT2D eigenvalue weighted by molar-refractivity contribution is 5.37. The molecule has 0 unspecified atom stereocenters. The van der Waals surface area contributed by atoms with Gasteiger partial charge in [-0.25, -0.2) is 13.8 Å². The summed E-state index contributed by atoms with van der Waals surface area (Å²) in [6.45, 7) is 0. The first-order chi connectivity index (χ1) is 10.1. The molecule has 0 radical (unpaired) electrons. The zero-order valence-corrected chi connectivity index (χ0v) is 11.4. The third kappa shape index (κ3) is 2.61. The molecule has 0 fully saturated rings. The van der Waals surface area contributed by atoms with Gasteiger partial charge >= 0.3 is 0 Å². The molecule has 1 aliphatic carbocycles. The lowest BCUT2D eigenvalue weighted by atomic mass is 9.90. The van der Waals surface area contributed by atoms with E-state index in [1.54, 1.807) is 18.2 Å².